The van der Waals surface area contributed by atoms with Crippen LogP contribution in [-0.2, 0) is 4.79 Å². The number of benzene rings is 2. The molecule has 0 unspecified atom stereocenters. The summed E-state index contributed by atoms with van der Waals surface area (Å²) in [6.45, 7) is 0. The molecule has 0 aliphatic rings. The highest BCUT2D eigenvalue weighted by molar-refractivity contribution is 9.10. The Balaban J connectivity index is 1.98. The van der Waals surface area contributed by atoms with Crippen LogP contribution in [0.2, 0.25) is 0 Å². The first-order valence-electron chi connectivity index (χ1n) is 7.40. The Morgan fingerprint density at radius 2 is 1.77 bits per heavy atom. The van der Waals surface area contributed by atoms with Crippen molar-refractivity contribution in [1.29, 1.82) is 0 Å². The van der Waals surface area contributed by atoms with E-state index in [0.717, 1.165) is 20.2 Å². The van der Waals surface area contributed by atoms with Crippen LogP contribution in [0, 0.1) is 0 Å². The Kier molecular flexibility index (Phi) is 7.62. The lowest BCUT2D eigenvalue weighted by Crippen LogP contribution is -2.32. The number of ether oxygens (including phenoxy) is 2. The van der Waals surface area contributed by atoms with Crippen LogP contribution in [0.5, 0.6) is 11.5 Å². The van der Waals surface area contributed by atoms with Gasteiger partial charge in [0.1, 0.15) is 11.5 Å². The summed E-state index contributed by atoms with van der Waals surface area (Å²) in [6, 6.07) is 10.9. The van der Waals surface area contributed by atoms with E-state index in [1.165, 1.54) is 6.08 Å². The van der Waals surface area contributed by atoms with Crippen molar-refractivity contribution >= 4 is 66.9 Å². The average molecular weight is 500 g/mol. The molecule has 1 amide bonds. The molecular formula is C18H16Br2N2O3S. The second-order valence-corrected chi connectivity index (χ2v) is 7.19. The maximum atomic E-state index is 12.1. The van der Waals surface area contributed by atoms with Crippen LogP contribution >= 0.6 is 44.1 Å². The Morgan fingerprint density at radius 1 is 1.08 bits per heavy atom. The van der Waals surface area contributed by atoms with Crippen molar-refractivity contribution in [3.05, 3.63) is 57.0 Å². The van der Waals surface area contributed by atoms with Gasteiger partial charge in [-0.15, -0.1) is 0 Å². The standard InChI is InChI=1S/C18H16Br2N2O3S/c1-24-15-6-4-12(19)9-11(15)3-8-17(23)22-18(26)21-13-5-7-16(25-2)14(20)10-13/h3-10H,1-2H3,(H2,21,22,23,26). The molecule has 26 heavy (non-hydrogen) atoms. The van der Waals surface area contributed by atoms with Crippen LogP contribution in [0.1, 0.15) is 5.56 Å². The van der Waals surface area contributed by atoms with E-state index in [2.05, 4.69) is 42.5 Å². The monoisotopic (exact) mass is 498 g/mol. The van der Waals surface area contributed by atoms with Crippen molar-refractivity contribution in [3.63, 3.8) is 0 Å². The smallest absolute Gasteiger partial charge is 0.250 e. The van der Waals surface area contributed by atoms with Crippen molar-refractivity contribution in [2.24, 2.45) is 0 Å². The molecule has 0 heterocycles. The minimum absolute atomic E-state index is 0.193. The third-order valence-electron chi connectivity index (χ3n) is 3.25. The van der Waals surface area contributed by atoms with Crippen molar-refractivity contribution in [2.45, 2.75) is 0 Å². The van der Waals surface area contributed by atoms with Crippen LogP contribution in [-0.4, -0.2) is 25.2 Å². The molecule has 0 aliphatic carbocycles. The third-order valence-corrected chi connectivity index (χ3v) is 4.57. The number of rotatable bonds is 5. The lowest BCUT2D eigenvalue weighted by Gasteiger charge is -2.10. The maximum absolute atomic E-state index is 12.1. The molecule has 2 aromatic carbocycles. The lowest BCUT2D eigenvalue weighted by atomic mass is 10.2. The predicted molar refractivity (Wildman–Crippen MR) is 115 cm³/mol. The zero-order chi connectivity index (χ0) is 19.1. The van der Waals surface area contributed by atoms with Crippen LogP contribution in [0.4, 0.5) is 5.69 Å². The molecule has 2 N–H and O–H groups in total. The summed E-state index contributed by atoms with van der Waals surface area (Å²) in [4.78, 5) is 12.1. The minimum atomic E-state index is -0.350. The van der Waals surface area contributed by atoms with Gasteiger partial charge < -0.3 is 14.8 Å². The highest BCUT2D eigenvalue weighted by Gasteiger charge is 2.06. The summed E-state index contributed by atoms with van der Waals surface area (Å²) in [5.41, 5.74) is 1.50. The summed E-state index contributed by atoms with van der Waals surface area (Å²) < 4.78 is 12.1. The van der Waals surface area contributed by atoms with Gasteiger partial charge in [-0.05, 0) is 70.6 Å². The van der Waals surface area contributed by atoms with Crippen molar-refractivity contribution in [2.75, 3.05) is 19.5 Å². The fraction of sp³-hybridized carbons (Fsp3) is 0.111. The molecule has 8 heteroatoms. The van der Waals surface area contributed by atoms with E-state index in [-0.39, 0.29) is 11.0 Å². The number of hydrogen-bond donors (Lipinski definition) is 2. The maximum Gasteiger partial charge on any atom is 0.250 e. The number of carbonyl (C=O) groups is 1. The quantitative estimate of drug-likeness (QED) is 0.459. The summed E-state index contributed by atoms with van der Waals surface area (Å²) in [5, 5.41) is 5.73. The average Bonchev–Trinajstić information content (AvgIpc) is 2.60. The van der Waals surface area contributed by atoms with Gasteiger partial charge in [-0.1, -0.05) is 15.9 Å². The van der Waals surface area contributed by atoms with E-state index >= 15 is 0 Å². The minimum Gasteiger partial charge on any atom is -0.496 e. The molecule has 0 spiro atoms. The van der Waals surface area contributed by atoms with Crippen molar-refractivity contribution < 1.29 is 14.3 Å². The Morgan fingerprint density at radius 3 is 2.42 bits per heavy atom. The molecule has 2 rings (SSSR count). The second kappa shape index (κ2) is 9.70. The van der Waals surface area contributed by atoms with E-state index in [1.807, 2.05) is 18.2 Å². The second-order valence-electron chi connectivity index (χ2n) is 5.01. The van der Waals surface area contributed by atoms with E-state index in [4.69, 9.17) is 21.7 Å². The summed E-state index contributed by atoms with van der Waals surface area (Å²) in [6.07, 6.45) is 3.05. The van der Waals surface area contributed by atoms with E-state index in [1.54, 1.807) is 38.5 Å². The molecule has 2 aromatic rings. The first-order valence-corrected chi connectivity index (χ1v) is 9.39. The van der Waals surface area contributed by atoms with E-state index < -0.39 is 0 Å². The zero-order valence-electron chi connectivity index (χ0n) is 14.0. The molecule has 0 aliphatic heterocycles. The summed E-state index contributed by atoms with van der Waals surface area (Å²) in [7, 11) is 3.16. The highest BCUT2D eigenvalue weighted by atomic mass is 79.9. The number of thiocarbonyl (C=S) groups is 1. The van der Waals surface area contributed by atoms with Gasteiger partial charge in [-0.25, -0.2) is 0 Å². The number of hydrogen-bond acceptors (Lipinski definition) is 4. The molecule has 0 saturated heterocycles. The molecule has 0 saturated carbocycles. The van der Waals surface area contributed by atoms with Gasteiger partial charge in [0, 0.05) is 21.8 Å². The predicted octanol–water partition coefficient (Wildman–Crippen LogP) is 4.76. The van der Waals surface area contributed by atoms with Gasteiger partial charge in [0.05, 0.1) is 18.7 Å². The first-order chi connectivity index (χ1) is 12.4. The summed E-state index contributed by atoms with van der Waals surface area (Å²) >= 11 is 11.9. The van der Waals surface area contributed by atoms with Gasteiger partial charge in [0.15, 0.2) is 5.11 Å². The van der Waals surface area contributed by atoms with E-state index in [0.29, 0.717) is 11.5 Å². The lowest BCUT2D eigenvalue weighted by molar-refractivity contribution is -0.115. The number of nitrogens with one attached hydrogen (secondary N) is 2. The molecule has 0 radical (unpaired) electrons. The first kappa shape index (κ1) is 20.4. The SMILES string of the molecule is COc1ccc(NC(=S)NC(=O)C=Cc2cc(Br)ccc2OC)cc1Br. The zero-order valence-corrected chi connectivity index (χ0v) is 18.0. The number of halogens is 2. The van der Waals surface area contributed by atoms with Gasteiger partial charge in [-0.3, -0.25) is 10.1 Å². The summed E-state index contributed by atoms with van der Waals surface area (Å²) in [5.74, 6) is 1.02. The Labute approximate surface area is 174 Å². The fourth-order valence-corrected chi connectivity index (χ4v) is 3.20. The normalized spacial score (nSPS) is 10.5. The number of anilines is 1. The van der Waals surface area contributed by atoms with Crippen LogP contribution in [0.3, 0.4) is 0 Å². The van der Waals surface area contributed by atoms with Crippen LogP contribution < -0.4 is 20.1 Å². The third kappa shape index (κ3) is 5.82. The van der Waals surface area contributed by atoms with Crippen LogP contribution in [0.15, 0.2) is 51.4 Å². The molecule has 0 aromatic heterocycles. The van der Waals surface area contributed by atoms with Crippen molar-refractivity contribution in [1.82, 2.24) is 5.32 Å². The topological polar surface area (TPSA) is 59.6 Å². The van der Waals surface area contributed by atoms with Crippen molar-refractivity contribution in [3.8, 4) is 11.5 Å². The largest absolute Gasteiger partial charge is 0.496 e. The number of carbonyl (C=O) groups excluding carboxylic acids is 1. The number of amides is 1. The molecule has 0 bridgehead atoms. The van der Waals surface area contributed by atoms with Gasteiger partial charge in [-0.2, -0.15) is 0 Å². The molecule has 136 valence electrons. The van der Waals surface area contributed by atoms with Crippen LogP contribution in [0.25, 0.3) is 6.08 Å². The van der Waals surface area contributed by atoms with Gasteiger partial charge in [0.25, 0.3) is 0 Å². The highest BCUT2D eigenvalue weighted by Crippen LogP contribution is 2.27. The van der Waals surface area contributed by atoms with E-state index in [9.17, 15) is 4.79 Å². The van der Waals surface area contributed by atoms with Gasteiger partial charge >= 0.3 is 0 Å². The Bertz CT molecular complexity index is 856. The fourth-order valence-electron chi connectivity index (χ4n) is 2.06. The van der Waals surface area contributed by atoms with Gasteiger partial charge in [0.2, 0.25) is 5.91 Å². The molecule has 0 fully saturated rings. The molecule has 5 nitrogen and oxygen atoms in total. The Hall–Kier alpha value is -1.90. The number of methoxy groups -OCH3 is 2. The molecular weight excluding hydrogens is 484 g/mol. The molecule has 0 atom stereocenters.